The van der Waals surface area contributed by atoms with Crippen molar-refractivity contribution in [2.24, 2.45) is 0 Å². The Hall–Kier alpha value is -1.12. The number of nitriles is 1. The number of nitrogens with zero attached hydrogens (tertiary/aromatic N) is 3. The molecule has 0 spiro atoms. The van der Waals surface area contributed by atoms with Crippen LogP contribution in [0.5, 0.6) is 0 Å². The van der Waals surface area contributed by atoms with Crippen molar-refractivity contribution < 1.29 is 0 Å². The Bertz CT molecular complexity index is 282. The zero-order valence-electron chi connectivity index (χ0n) is 7.27. The summed E-state index contributed by atoms with van der Waals surface area (Å²) < 4.78 is 0. The second-order valence-corrected chi connectivity index (χ2v) is 3.37. The Labute approximate surface area is 81.4 Å². The van der Waals surface area contributed by atoms with E-state index >= 15 is 0 Å². The fraction of sp³-hybridized carbons (Fsp3) is 0.375. The van der Waals surface area contributed by atoms with Crippen LogP contribution >= 0.6 is 11.8 Å². The van der Waals surface area contributed by atoms with Crippen molar-refractivity contribution in [3.8, 4) is 6.07 Å². The lowest BCUT2D eigenvalue weighted by molar-refractivity contribution is 0.749. The number of rotatable bonds is 4. The van der Waals surface area contributed by atoms with Gasteiger partial charge in [0, 0.05) is 18.1 Å². The molecule has 0 aromatic carbocycles. The van der Waals surface area contributed by atoms with E-state index in [4.69, 9.17) is 5.26 Å². The van der Waals surface area contributed by atoms with Crippen molar-refractivity contribution in [1.29, 1.82) is 5.26 Å². The predicted molar refractivity (Wildman–Crippen MR) is 51.2 cm³/mol. The van der Waals surface area contributed by atoms with Gasteiger partial charge in [0.15, 0.2) is 0 Å². The first-order valence-electron chi connectivity index (χ1n) is 3.82. The van der Waals surface area contributed by atoms with Crippen molar-refractivity contribution >= 4 is 11.8 Å². The Morgan fingerprint density at radius 1 is 1.69 bits per heavy atom. The third-order valence-electron chi connectivity index (χ3n) is 1.44. The van der Waals surface area contributed by atoms with Crippen molar-refractivity contribution in [2.75, 3.05) is 12.8 Å². The van der Waals surface area contributed by atoms with E-state index in [9.17, 15) is 0 Å². The van der Waals surface area contributed by atoms with Gasteiger partial charge in [0.2, 0.25) is 0 Å². The smallest absolute Gasteiger partial charge is 0.114 e. The summed E-state index contributed by atoms with van der Waals surface area (Å²) in [6.45, 7) is 0. The molecule has 1 aromatic rings. The molecule has 0 radical (unpaired) electrons. The van der Waals surface area contributed by atoms with E-state index in [2.05, 4.69) is 21.4 Å². The maximum atomic E-state index is 8.64. The molecule has 13 heavy (non-hydrogen) atoms. The quantitative estimate of drug-likeness (QED) is 0.714. The number of hydrogen-bond donors (Lipinski definition) is 1. The summed E-state index contributed by atoms with van der Waals surface area (Å²) in [5.74, 6) is 0.686. The third-order valence-corrected chi connectivity index (χ3v) is 2.45. The van der Waals surface area contributed by atoms with Crippen molar-refractivity contribution in [3.05, 3.63) is 18.6 Å². The van der Waals surface area contributed by atoms with Gasteiger partial charge in [-0.15, -0.1) is 11.8 Å². The summed E-state index contributed by atoms with van der Waals surface area (Å²) in [5.41, 5.74) is 0. The highest BCUT2D eigenvalue weighted by Crippen LogP contribution is 2.13. The molecular weight excluding hydrogens is 184 g/mol. The van der Waals surface area contributed by atoms with E-state index in [1.165, 1.54) is 11.8 Å². The standard InChI is InChI=1S/C8H10N4S/c1-10-7(4-9)6-13-8-5-11-2-3-12-8/h2-3,5,7,10H,6H2,1H3. The zero-order chi connectivity index (χ0) is 9.52. The molecule has 0 aliphatic carbocycles. The summed E-state index contributed by atoms with van der Waals surface area (Å²) in [7, 11) is 1.77. The van der Waals surface area contributed by atoms with E-state index in [0.717, 1.165) is 5.03 Å². The number of hydrogen-bond acceptors (Lipinski definition) is 5. The minimum Gasteiger partial charge on any atom is -0.304 e. The van der Waals surface area contributed by atoms with E-state index in [-0.39, 0.29) is 6.04 Å². The average Bonchev–Trinajstić information content (AvgIpc) is 2.21. The first kappa shape index (κ1) is 9.96. The van der Waals surface area contributed by atoms with Crippen molar-refractivity contribution in [2.45, 2.75) is 11.1 Å². The Kier molecular flexibility index (Phi) is 4.23. The molecule has 1 atom stereocenters. The Morgan fingerprint density at radius 3 is 3.08 bits per heavy atom. The normalized spacial score (nSPS) is 12.0. The van der Waals surface area contributed by atoms with Gasteiger partial charge < -0.3 is 5.32 Å². The van der Waals surface area contributed by atoms with Gasteiger partial charge in [-0.1, -0.05) is 0 Å². The molecule has 0 saturated carbocycles. The van der Waals surface area contributed by atoms with Crippen LogP contribution in [0.25, 0.3) is 0 Å². The molecule has 1 N–H and O–H groups in total. The number of thioether (sulfide) groups is 1. The topological polar surface area (TPSA) is 61.6 Å². The summed E-state index contributed by atoms with van der Waals surface area (Å²) in [4.78, 5) is 8.01. The van der Waals surface area contributed by atoms with Crippen molar-refractivity contribution in [3.63, 3.8) is 0 Å². The Balaban J connectivity index is 2.40. The van der Waals surface area contributed by atoms with Crippen LogP contribution in [0.4, 0.5) is 0 Å². The van der Waals surface area contributed by atoms with Gasteiger partial charge in [0.25, 0.3) is 0 Å². The largest absolute Gasteiger partial charge is 0.304 e. The van der Waals surface area contributed by atoms with Crippen LogP contribution in [0.2, 0.25) is 0 Å². The molecule has 1 unspecified atom stereocenters. The van der Waals surface area contributed by atoms with E-state index in [0.29, 0.717) is 5.75 Å². The molecule has 0 amide bonds. The van der Waals surface area contributed by atoms with Crippen LogP contribution in [-0.4, -0.2) is 28.8 Å². The molecule has 5 heteroatoms. The highest BCUT2D eigenvalue weighted by molar-refractivity contribution is 7.99. The van der Waals surface area contributed by atoms with Crippen molar-refractivity contribution in [1.82, 2.24) is 15.3 Å². The average molecular weight is 194 g/mol. The number of aromatic nitrogens is 2. The second kappa shape index (κ2) is 5.51. The molecular formula is C8H10N4S. The maximum absolute atomic E-state index is 8.64. The van der Waals surface area contributed by atoms with Crippen LogP contribution < -0.4 is 5.32 Å². The van der Waals surface area contributed by atoms with E-state index in [1.807, 2.05) is 0 Å². The van der Waals surface area contributed by atoms with Gasteiger partial charge in [0.05, 0.1) is 12.3 Å². The van der Waals surface area contributed by atoms with Gasteiger partial charge in [-0.2, -0.15) is 5.26 Å². The molecule has 1 heterocycles. The predicted octanol–water partition coefficient (Wildman–Crippen LogP) is 0.680. The minimum absolute atomic E-state index is 0.132. The first-order valence-corrected chi connectivity index (χ1v) is 4.81. The zero-order valence-corrected chi connectivity index (χ0v) is 8.08. The molecule has 0 saturated heterocycles. The molecule has 0 aliphatic rings. The molecule has 0 bridgehead atoms. The van der Waals surface area contributed by atoms with Crippen LogP contribution in [0.1, 0.15) is 0 Å². The van der Waals surface area contributed by atoms with Crippen LogP contribution in [0, 0.1) is 11.3 Å². The van der Waals surface area contributed by atoms with E-state index in [1.54, 1.807) is 25.6 Å². The summed E-state index contributed by atoms with van der Waals surface area (Å²) in [6.07, 6.45) is 4.96. The van der Waals surface area contributed by atoms with Crippen LogP contribution in [0.3, 0.4) is 0 Å². The summed E-state index contributed by atoms with van der Waals surface area (Å²) in [5, 5.41) is 12.4. The molecule has 1 rings (SSSR count). The van der Waals surface area contributed by atoms with Gasteiger partial charge in [-0.25, -0.2) is 4.98 Å². The highest BCUT2D eigenvalue weighted by atomic mass is 32.2. The van der Waals surface area contributed by atoms with Gasteiger partial charge >= 0.3 is 0 Å². The highest BCUT2D eigenvalue weighted by Gasteiger charge is 2.04. The third kappa shape index (κ3) is 3.40. The van der Waals surface area contributed by atoms with Crippen LogP contribution in [0.15, 0.2) is 23.6 Å². The monoisotopic (exact) mass is 194 g/mol. The van der Waals surface area contributed by atoms with Crippen LogP contribution in [-0.2, 0) is 0 Å². The first-order chi connectivity index (χ1) is 6.36. The summed E-state index contributed by atoms with van der Waals surface area (Å²) >= 11 is 1.52. The lowest BCUT2D eigenvalue weighted by Gasteiger charge is -2.05. The fourth-order valence-electron chi connectivity index (χ4n) is 0.714. The maximum Gasteiger partial charge on any atom is 0.114 e. The number of nitrogens with one attached hydrogen (secondary N) is 1. The van der Waals surface area contributed by atoms with Gasteiger partial charge in [-0.05, 0) is 7.05 Å². The molecule has 68 valence electrons. The fourth-order valence-corrected chi connectivity index (χ4v) is 1.56. The Morgan fingerprint density at radius 2 is 2.54 bits per heavy atom. The lowest BCUT2D eigenvalue weighted by atomic mass is 10.4. The summed E-state index contributed by atoms with van der Waals surface area (Å²) in [6, 6.07) is 2.01. The second-order valence-electron chi connectivity index (χ2n) is 2.33. The SMILES string of the molecule is CNC(C#N)CSc1cnccn1. The molecule has 4 nitrogen and oxygen atoms in total. The van der Waals surface area contributed by atoms with Gasteiger partial charge in [0.1, 0.15) is 11.1 Å². The van der Waals surface area contributed by atoms with E-state index < -0.39 is 0 Å². The minimum atomic E-state index is -0.132. The van der Waals surface area contributed by atoms with Gasteiger partial charge in [-0.3, -0.25) is 4.98 Å². The molecule has 1 aromatic heterocycles. The lowest BCUT2D eigenvalue weighted by Crippen LogP contribution is -2.25. The molecule has 0 fully saturated rings. The molecule has 0 aliphatic heterocycles.